The number of halogens is 1. The number of nitrogens with zero attached hydrogens (tertiary/aromatic N) is 1. The zero-order valence-electron chi connectivity index (χ0n) is 17.4. The summed E-state index contributed by atoms with van der Waals surface area (Å²) in [6.45, 7) is 12.9. The number of hydrogen-bond acceptors (Lipinski definition) is 6. The Kier molecular flexibility index (Phi) is 4.78. The number of aliphatic hydroxyl groups is 1. The molecule has 4 bridgehead atoms. The summed E-state index contributed by atoms with van der Waals surface area (Å²) in [6.07, 6.45) is 6.65. The first-order valence-electron chi connectivity index (χ1n) is 9.80. The molecular formula is C19H28B2BrNO5. The van der Waals surface area contributed by atoms with Gasteiger partial charge in [0.15, 0.2) is 0 Å². The van der Waals surface area contributed by atoms with Gasteiger partial charge in [0.1, 0.15) is 5.60 Å². The highest BCUT2D eigenvalue weighted by atomic mass is 79.9. The lowest BCUT2D eigenvalue weighted by Gasteiger charge is -2.46. The van der Waals surface area contributed by atoms with Gasteiger partial charge in [-0.2, -0.15) is 0 Å². The zero-order chi connectivity index (χ0) is 20.5. The zero-order valence-corrected chi connectivity index (χ0v) is 19.0. The Morgan fingerprint density at radius 1 is 1.04 bits per heavy atom. The minimum Gasteiger partial charge on any atom is -0.405 e. The van der Waals surface area contributed by atoms with E-state index in [1.807, 2.05) is 26.1 Å². The van der Waals surface area contributed by atoms with Crippen LogP contribution in [0.15, 0.2) is 34.1 Å². The van der Waals surface area contributed by atoms with E-state index in [1.165, 1.54) is 0 Å². The van der Waals surface area contributed by atoms with Crippen molar-refractivity contribution in [2.24, 2.45) is 0 Å². The predicted molar refractivity (Wildman–Crippen MR) is 112 cm³/mol. The fourth-order valence-corrected chi connectivity index (χ4v) is 4.79. The average Bonchev–Trinajstić information content (AvgIpc) is 2.98. The van der Waals surface area contributed by atoms with Gasteiger partial charge in [0.25, 0.3) is 0 Å². The molecule has 6 nitrogen and oxygen atoms in total. The van der Waals surface area contributed by atoms with Crippen LogP contribution in [0.2, 0.25) is 0 Å². The Balaban J connectivity index is 1.93. The number of hydrogen-bond donors (Lipinski definition) is 1. The molecule has 152 valence electrons. The molecule has 4 rings (SSSR count). The van der Waals surface area contributed by atoms with Gasteiger partial charge in [-0.05, 0) is 59.3 Å². The summed E-state index contributed by atoms with van der Waals surface area (Å²) in [5.74, 6) is 0. The smallest absolute Gasteiger partial charge is 0.405 e. The molecule has 0 aromatic rings. The largest absolute Gasteiger partial charge is 0.489 e. The predicted octanol–water partition coefficient (Wildman–Crippen LogP) is 2.97. The molecule has 4 aliphatic heterocycles. The van der Waals surface area contributed by atoms with E-state index in [4.69, 9.17) is 18.6 Å². The molecule has 3 saturated heterocycles. The van der Waals surface area contributed by atoms with Crippen molar-refractivity contribution in [2.75, 3.05) is 13.2 Å². The summed E-state index contributed by atoms with van der Waals surface area (Å²) in [5.41, 5.74) is -0.232. The lowest BCUT2D eigenvalue weighted by molar-refractivity contribution is -0.0294. The highest BCUT2D eigenvalue weighted by Gasteiger charge is 2.70. The topological polar surface area (TPSA) is 60.4 Å². The minimum absolute atomic E-state index is 0.0527. The molecule has 0 amide bonds. The van der Waals surface area contributed by atoms with E-state index in [-0.39, 0.29) is 6.61 Å². The summed E-state index contributed by atoms with van der Waals surface area (Å²) in [6, 6.07) is 0. The van der Waals surface area contributed by atoms with Crippen LogP contribution in [0.25, 0.3) is 0 Å². The van der Waals surface area contributed by atoms with Crippen molar-refractivity contribution >= 4 is 29.9 Å². The van der Waals surface area contributed by atoms with Crippen molar-refractivity contribution in [1.82, 2.24) is 4.90 Å². The van der Waals surface area contributed by atoms with Gasteiger partial charge in [0.05, 0.1) is 23.4 Å². The van der Waals surface area contributed by atoms with E-state index < -0.39 is 36.4 Å². The first-order chi connectivity index (χ1) is 12.9. The van der Waals surface area contributed by atoms with E-state index in [0.29, 0.717) is 13.0 Å². The van der Waals surface area contributed by atoms with Crippen LogP contribution in [-0.2, 0) is 18.6 Å². The second kappa shape index (κ2) is 6.46. The van der Waals surface area contributed by atoms with Gasteiger partial charge in [-0.15, -0.1) is 0 Å². The van der Waals surface area contributed by atoms with Crippen molar-refractivity contribution in [3.05, 3.63) is 34.1 Å². The van der Waals surface area contributed by atoms with Crippen molar-refractivity contribution in [1.29, 1.82) is 0 Å². The van der Waals surface area contributed by atoms with Gasteiger partial charge in [-0.1, -0.05) is 15.9 Å². The van der Waals surface area contributed by atoms with E-state index in [0.717, 1.165) is 15.8 Å². The molecule has 0 aliphatic carbocycles. The number of aliphatic hydroxyl groups excluding tert-OH is 1. The van der Waals surface area contributed by atoms with Gasteiger partial charge in [-0.25, -0.2) is 0 Å². The molecule has 4 heterocycles. The standard InChI is InChI=1S/C19H28B2BrNO5/c1-16(2)18(5)12-14(15-11-13(22)7-8-23(15)9-10-24)19(6)17(3,4)26-21(28-19)20(25-16)27-18/h7-8,11,24H,9-10,12H2,1-6H3/b15-14+. The summed E-state index contributed by atoms with van der Waals surface area (Å²) in [4.78, 5) is 2.06. The third-order valence-electron chi connectivity index (χ3n) is 6.93. The molecule has 0 aromatic carbocycles. The third kappa shape index (κ3) is 2.89. The van der Waals surface area contributed by atoms with Crippen LogP contribution in [0.4, 0.5) is 0 Å². The molecular weight excluding hydrogens is 424 g/mol. The number of fused-ring (bicyclic) bond motifs is 5. The van der Waals surface area contributed by atoms with Crippen LogP contribution in [0.5, 0.6) is 0 Å². The molecule has 0 radical (unpaired) electrons. The Labute approximate surface area is 176 Å². The van der Waals surface area contributed by atoms with E-state index in [2.05, 4.69) is 54.6 Å². The van der Waals surface area contributed by atoms with Crippen molar-refractivity contribution in [3.8, 4) is 0 Å². The Bertz CT molecular complexity index is 782. The highest BCUT2D eigenvalue weighted by Crippen LogP contribution is 2.54. The first kappa shape index (κ1) is 20.7. The molecule has 0 saturated carbocycles. The fourth-order valence-electron chi connectivity index (χ4n) is 4.46. The van der Waals surface area contributed by atoms with Crippen molar-refractivity contribution in [2.45, 2.75) is 70.4 Å². The van der Waals surface area contributed by atoms with Crippen LogP contribution in [0.1, 0.15) is 48.0 Å². The normalized spacial score (nSPS) is 38.6. The molecule has 1 N–H and O–H groups in total. The third-order valence-corrected chi connectivity index (χ3v) is 7.43. The summed E-state index contributed by atoms with van der Waals surface area (Å²) < 4.78 is 26.4. The maximum Gasteiger partial charge on any atom is 0.489 e. The Morgan fingerprint density at radius 3 is 2.36 bits per heavy atom. The summed E-state index contributed by atoms with van der Waals surface area (Å²) >= 11 is 3.61. The van der Waals surface area contributed by atoms with E-state index >= 15 is 0 Å². The number of β-amino-alcohol motifs (C(OH)–C–C–N with tert-alkyl or cyclic N) is 1. The molecule has 2 unspecified atom stereocenters. The maximum atomic E-state index is 9.61. The van der Waals surface area contributed by atoms with E-state index in [9.17, 15) is 5.11 Å². The van der Waals surface area contributed by atoms with Gasteiger partial charge >= 0.3 is 14.0 Å². The number of allylic oxidation sites excluding steroid dienone is 3. The molecule has 2 atom stereocenters. The molecule has 3 fully saturated rings. The van der Waals surface area contributed by atoms with Crippen LogP contribution in [0.3, 0.4) is 0 Å². The van der Waals surface area contributed by atoms with Crippen LogP contribution in [0, 0.1) is 0 Å². The monoisotopic (exact) mass is 451 g/mol. The van der Waals surface area contributed by atoms with Crippen LogP contribution < -0.4 is 0 Å². The number of rotatable bonds is 2. The molecule has 0 aromatic heterocycles. The van der Waals surface area contributed by atoms with E-state index in [1.54, 1.807) is 0 Å². The molecule has 9 heteroatoms. The summed E-state index contributed by atoms with van der Waals surface area (Å²) in [7, 11) is -1.16. The van der Waals surface area contributed by atoms with Crippen molar-refractivity contribution < 1.29 is 23.7 Å². The van der Waals surface area contributed by atoms with Crippen molar-refractivity contribution in [3.63, 3.8) is 0 Å². The summed E-state index contributed by atoms with van der Waals surface area (Å²) in [5, 5.41) is 9.61. The van der Waals surface area contributed by atoms with Gasteiger partial charge in [0, 0.05) is 29.3 Å². The quantitative estimate of drug-likeness (QED) is 0.651. The van der Waals surface area contributed by atoms with Gasteiger partial charge in [-0.3, -0.25) is 0 Å². The van der Waals surface area contributed by atoms with Gasteiger partial charge < -0.3 is 28.6 Å². The second-order valence-electron chi connectivity index (χ2n) is 9.30. The SMILES string of the molecule is CC1(C)OB2OC1(C)C/C(=C1/C=C(Br)C=CN1CCO)C1(C)OB2OC1(C)C. The lowest BCUT2D eigenvalue weighted by atomic mass is 9.49. The lowest BCUT2D eigenvalue weighted by Crippen LogP contribution is -2.53. The molecule has 28 heavy (non-hydrogen) atoms. The maximum absolute atomic E-state index is 9.61. The van der Waals surface area contributed by atoms with Gasteiger partial charge in [0.2, 0.25) is 0 Å². The second-order valence-corrected chi connectivity index (χ2v) is 10.2. The molecule has 4 aliphatic rings. The Hall–Kier alpha value is -0.570. The Morgan fingerprint density at radius 2 is 1.68 bits per heavy atom. The fraction of sp³-hybridized carbons (Fsp3) is 0.684. The minimum atomic E-state index is -0.678. The van der Waals surface area contributed by atoms with Crippen LogP contribution >= 0.6 is 15.9 Å². The average molecular weight is 452 g/mol. The first-order valence-corrected chi connectivity index (χ1v) is 10.6. The highest BCUT2D eigenvalue weighted by molar-refractivity contribution is 9.11. The van der Waals surface area contributed by atoms with Crippen LogP contribution in [-0.4, -0.2) is 59.6 Å². The molecule has 0 spiro atoms.